The lowest BCUT2D eigenvalue weighted by atomic mass is 10.3. The van der Waals surface area contributed by atoms with Gasteiger partial charge in [-0.1, -0.05) is 5.21 Å². The van der Waals surface area contributed by atoms with Gasteiger partial charge < -0.3 is 14.5 Å². The highest BCUT2D eigenvalue weighted by Gasteiger charge is 2.21. The lowest BCUT2D eigenvalue weighted by Crippen LogP contribution is -2.46. The highest BCUT2D eigenvalue weighted by molar-refractivity contribution is 5.44. The predicted molar refractivity (Wildman–Crippen MR) is 93.6 cm³/mol. The number of aryl methyl sites for hydroxylation is 1. The van der Waals surface area contributed by atoms with Crippen LogP contribution in [0, 0.1) is 0 Å². The van der Waals surface area contributed by atoms with Crippen LogP contribution >= 0.6 is 0 Å². The fourth-order valence-corrected chi connectivity index (χ4v) is 3.26. The van der Waals surface area contributed by atoms with E-state index in [9.17, 15) is 0 Å². The van der Waals surface area contributed by atoms with Crippen LogP contribution in [0.25, 0.3) is 0 Å². The van der Waals surface area contributed by atoms with Crippen molar-refractivity contribution in [3.05, 3.63) is 24.2 Å². The topological polar surface area (TPSA) is 75.4 Å². The minimum atomic E-state index is 0.764. The van der Waals surface area contributed by atoms with Gasteiger partial charge in [0, 0.05) is 65.3 Å². The molecule has 4 rings (SSSR count). The van der Waals surface area contributed by atoms with Crippen molar-refractivity contribution in [2.75, 3.05) is 62.3 Å². The molecule has 9 nitrogen and oxygen atoms in total. The second-order valence-corrected chi connectivity index (χ2v) is 6.46. The number of anilines is 2. The zero-order valence-corrected chi connectivity index (χ0v) is 14.6. The van der Waals surface area contributed by atoms with Gasteiger partial charge in [0.1, 0.15) is 5.82 Å². The molecule has 0 atom stereocenters. The molecule has 2 aliphatic heterocycles. The van der Waals surface area contributed by atoms with Crippen molar-refractivity contribution in [1.29, 1.82) is 0 Å². The molecule has 0 unspecified atom stereocenters. The first-order valence-corrected chi connectivity index (χ1v) is 8.76. The summed E-state index contributed by atoms with van der Waals surface area (Å²) in [5, 5.41) is 8.16. The van der Waals surface area contributed by atoms with Gasteiger partial charge in [-0.05, 0) is 6.07 Å². The number of aromatic nitrogens is 5. The summed E-state index contributed by atoms with van der Waals surface area (Å²) in [6, 6.07) is 1.99. The average molecular weight is 344 g/mol. The first-order valence-electron chi connectivity index (χ1n) is 8.76. The Morgan fingerprint density at radius 2 is 1.84 bits per heavy atom. The number of hydrogen-bond acceptors (Lipinski definition) is 8. The molecular weight excluding hydrogens is 320 g/mol. The van der Waals surface area contributed by atoms with Crippen molar-refractivity contribution in [3.63, 3.8) is 0 Å². The summed E-state index contributed by atoms with van der Waals surface area (Å²) in [6.07, 6.45) is 3.83. The van der Waals surface area contributed by atoms with E-state index >= 15 is 0 Å². The van der Waals surface area contributed by atoms with Crippen LogP contribution in [-0.2, 0) is 18.3 Å². The summed E-state index contributed by atoms with van der Waals surface area (Å²) in [5.41, 5.74) is 1.02. The Morgan fingerprint density at radius 3 is 2.56 bits per heavy atom. The number of rotatable bonds is 4. The lowest BCUT2D eigenvalue weighted by molar-refractivity contribution is 0.122. The molecule has 0 spiro atoms. The molecule has 0 saturated carbocycles. The van der Waals surface area contributed by atoms with E-state index in [0.717, 1.165) is 76.5 Å². The van der Waals surface area contributed by atoms with E-state index in [1.165, 1.54) is 0 Å². The largest absolute Gasteiger partial charge is 0.378 e. The fraction of sp³-hybridized carbons (Fsp3) is 0.625. The molecule has 2 fully saturated rings. The molecule has 25 heavy (non-hydrogen) atoms. The minimum absolute atomic E-state index is 0.764. The van der Waals surface area contributed by atoms with Crippen molar-refractivity contribution in [3.8, 4) is 0 Å². The number of ether oxygens (including phenoxy) is 1. The minimum Gasteiger partial charge on any atom is -0.378 e. The Balaban J connectivity index is 1.35. The first kappa shape index (κ1) is 16.2. The van der Waals surface area contributed by atoms with Gasteiger partial charge in [0.25, 0.3) is 0 Å². The van der Waals surface area contributed by atoms with Crippen molar-refractivity contribution < 1.29 is 4.74 Å². The molecule has 4 heterocycles. The van der Waals surface area contributed by atoms with Crippen LogP contribution in [0.1, 0.15) is 5.69 Å². The molecule has 0 N–H and O–H groups in total. The molecule has 2 aromatic heterocycles. The third-order valence-corrected chi connectivity index (χ3v) is 4.65. The van der Waals surface area contributed by atoms with Crippen LogP contribution in [0.3, 0.4) is 0 Å². The number of piperazine rings is 1. The van der Waals surface area contributed by atoms with Crippen LogP contribution in [-0.4, -0.2) is 82.3 Å². The van der Waals surface area contributed by atoms with E-state index in [-0.39, 0.29) is 0 Å². The van der Waals surface area contributed by atoms with Crippen molar-refractivity contribution in [1.82, 2.24) is 29.9 Å². The van der Waals surface area contributed by atoms with Crippen LogP contribution < -0.4 is 9.80 Å². The van der Waals surface area contributed by atoms with Crippen LogP contribution in [0.15, 0.2) is 18.5 Å². The first-order chi connectivity index (χ1) is 12.3. The van der Waals surface area contributed by atoms with Gasteiger partial charge in [0.05, 0.1) is 18.9 Å². The normalized spacial score (nSPS) is 19.4. The van der Waals surface area contributed by atoms with Gasteiger partial charge in [-0.3, -0.25) is 9.58 Å². The Bertz CT molecular complexity index is 691. The van der Waals surface area contributed by atoms with E-state index in [1.807, 2.05) is 25.5 Å². The van der Waals surface area contributed by atoms with Crippen LogP contribution in [0.4, 0.5) is 11.8 Å². The second kappa shape index (κ2) is 7.32. The van der Waals surface area contributed by atoms with Gasteiger partial charge in [-0.25, -0.2) is 4.98 Å². The maximum atomic E-state index is 5.42. The molecule has 0 radical (unpaired) electrons. The Hall–Kier alpha value is -2.26. The number of morpholine rings is 1. The standard InChI is InChI=1S/C16H24N8O/c1-21-12-14(19-20-21)13-22-4-6-24(7-5-22)16-17-3-2-15(18-16)23-8-10-25-11-9-23/h2-3,12H,4-11,13H2,1H3. The molecule has 0 aliphatic carbocycles. The van der Waals surface area contributed by atoms with E-state index in [4.69, 9.17) is 9.72 Å². The Morgan fingerprint density at radius 1 is 1.04 bits per heavy atom. The van der Waals surface area contributed by atoms with Gasteiger partial charge in [0.15, 0.2) is 0 Å². The van der Waals surface area contributed by atoms with Gasteiger partial charge in [0.2, 0.25) is 5.95 Å². The zero-order chi connectivity index (χ0) is 17.1. The fourth-order valence-electron chi connectivity index (χ4n) is 3.26. The molecule has 0 amide bonds. The molecule has 9 heteroatoms. The molecule has 2 aromatic rings. The Kier molecular flexibility index (Phi) is 4.75. The smallest absolute Gasteiger partial charge is 0.227 e. The van der Waals surface area contributed by atoms with Crippen LogP contribution in [0.5, 0.6) is 0 Å². The summed E-state index contributed by atoms with van der Waals surface area (Å²) < 4.78 is 7.16. The average Bonchev–Trinajstić information content (AvgIpc) is 3.08. The van der Waals surface area contributed by atoms with Gasteiger partial charge >= 0.3 is 0 Å². The summed E-state index contributed by atoms with van der Waals surface area (Å²) in [4.78, 5) is 16.2. The summed E-state index contributed by atoms with van der Waals surface area (Å²) in [7, 11) is 1.90. The van der Waals surface area contributed by atoms with Crippen molar-refractivity contribution >= 4 is 11.8 Å². The van der Waals surface area contributed by atoms with E-state index in [0.29, 0.717) is 0 Å². The monoisotopic (exact) mass is 344 g/mol. The third kappa shape index (κ3) is 3.88. The zero-order valence-electron chi connectivity index (χ0n) is 14.6. The summed E-state index contributed by atoms with van der Waals surface area (Å²) in [6.45, 7) is 7.95. The molecule has 2 saturated heterocycles. The molecular formula is C16H24N8O. The van der Waals surface area contributed by atoms with E-state index in [1.54, 1.807) is 4.68 Å². The van der Waals surface area contributed by atoms with E-state index in [2.05, 4.69) is 30.0 Å². The number of hydrogen-bond donors (Lipinski definition) is 0. The van der Waals surface area contributed by atoms with Gasteiger partial charge in [-0.2, -0.15) is 4.98 Å². The highest BCUT2D eigenvalue weighted by Crippen LogP contribution is 2.18. The summed E-state index contributed by atoms with van der Waals surface area (Å²) >= 11 is 0. The van der Waals surface area contributed by atoms with Crippen LogP contribution in [0.2, 0.25) is 0 Å². The molecule has 134 valence electrons. The molecule has 0 bridgehead atoms. The third-order valence-electron chi connectivity index (χ3n) is 4.65. The van der Waals surface area contributed by atoms with Crippen molar-refractivity contribution in [2.24, 2.45) is 7.05 Å². The van der Waals surface area contributed by atoms with Crippen molar-refractivity contribution in [2.45, 2.75) is 6.54 Å². The SMILES string of the molecule is Cn1cc(CN2CCN(c3nccc(N4CCOCC4)n3)CC2)nn1. The predicted octanol–water partition coefficient (Wildman–Crippen LogP) is -0.236. The highest BCUT2D eigenvalue weighted by atomic mass is 16.5. The lowest BCUT2D eigenvalue weighted by Gasteiger charge is -2.35. The maximum Gasteiger partial charge on any atom is 0.227 e. The Labute approximate surface area is 147 Å². The second-order valence-electron chi connectivity index (χ2n) is 6.46. The summed E-state index contributed by atoms with van der Waals surface area (Å²) in [5.74, 6) is 1.82. The molecule has 2 aliphatic rings. The molecule has 0 aromatic carbocycles. The van der Waals surface area contributed by atoms with Gasteiger partial charge in [-0.15, -0.1) is 5.10 Å². The number of nitrogens with zero attached hydrogens (tertiary/aromatic N) is 8. The maximum absolute atomic E-state index is 5.42. The van der Waals surface area contributed by atoms with E-state index < -0.39 is 0 Å². The quantitative estimate of drug-likeness (QED) is 0.753.